The SMILES string of the molecule is CC(c1ccccc1Cl)N(C)S(=O)(=O)C(C)CN. The Kier molecular flexibility index (Phi) is 5.16. The molecular weight excluding hydrogens is 272 g/mol. The first-order valence-corrected chi connectivity index (χ1v) is 7.61. The first kappa shape index (κ1) is 15.4. The molecule has 0 amide bonds. The van der Waals surface area contributed by atoms with E-state index in [1.807, 2.05) is 25.1 Å². The lowest BCUT2D eigenvalue weighted by Gasteiger charge is -2.27. The van der Waals surface area contributed by atoms with Crippen LogP contribution in [0.2, 0.25) is 5.02 Å². The number of hydrogen-bond donors (Lipinski definition) is 1. The standard InChI is InChI=1S/C12H19ClN2O2S/c1-9(8-14)18(16,17)15(3)10(2)11-6-4-5-7-12(11)13/h4-7,9-10H,8,14H2,1-3H3. The van der Waals surface area contributed by atoms with Crippen LogP contribution in [0.5, 0.6) is 0 Å². The third-order valence-electron chi connectivity index (χ3n) is 3.14. The molecule has 18 heavy (non-hydrogen) atoms. The van der Waals surface area contributed by atoms with Crippen LogP contribution in [0.3, 0.4) is 0 Å². The Balaban J connectivity index is 3.05. The molecule has 102 valence electrons. The van der Waals surface area contributed by atoms with Gasteiger partial charge in [0.2, 0.25) is 10.0 Å². The Labute approximate surface area is 114 Å². The minimum absolute atomic E-state index is 0.0991. The fourth-order valence-electron chi connectivity index (χ4n) is 1.64. The summed E-state index contributed by atoms with van der Waals surface area (Å²) in [6.45, 7) is 3.51. The lowest BCUT2D eigenvalue weighted by molar-refractivity contribution is 0.393. The van der Waals surface area contributed by atoms with Gasteiger partial charge in [-0.25, -0.2) is 8.42 Å². The third kappa shape index (κ3) is 3.03. The fraction of sp³-hybridized carbons (Fsp3) is 0.500. The minimum Gasteiger partial charge on any atom is -0.329 e. The van der Waals surface area contributed by atoms with Gasteiger partial charge in [-0.1, -0.05) is 29.8 Å². The van der Waals surface area contributed by atoms with Crippen molar-refractivity contribution in [1.82, 2.24) is 4.31 Å². The Morgan fingerprint density at radius 2 is 1.89 bits per heavy atom. The zero-order chi connectivity index (χ0) is 13.9. The van der Waals surface area contributed by atoms with E-state index in [-0.39, 0.29) is 12.6 Å². The van der Waals surface area contributed by atoms with Crippen molar-refractivity contribution in [2.75, 3.05) is 13.6 Å². The smallest absolute Gasteiger partial charge is 0.218 e. The molecule has 1 aromatic carbocycles. The van der Waals surface area contributed by atoms with Crippen molar-refractivity contribution in [1.29, 1.82) is 0 Å². The predicted octanol–water partition coefficient (Wildman–Crippen LogP) is 2.01. The lowest BCUT2D eigenvalue weighted by atomic mass is 10.1. The van der Waals surface area contributed by atoms with Crippen LogP contribution in [-0.2, 0) is 10.0 Å². The summed E-state index contributed by atoms with van der Waals surface area (Å²) < 4.78 is 25.7. The van der Waals surface area contributed by atoms with Crippen LogP contribution >= 0.6 is 11.6 Å². The van der Waals surface area contributed by atoms with Gasteiger partial charge in [0.15, 0.2) is 0 Å². The van der Waals surface area contributed by atoms with E-state index in [1.54, 1.807) is 20.0 Å². The predicted molar refractivity (Wildman–Crippen MR) is 75.1 cm³/mol. The van der Waals surface area contributed by atoms with Crippen LogP contribution in [-0.4, -0.2) is 31.6 Å². The summed E-state index contributed by atoms with van der Waals surface area (Å²) in [4.78, 5) is 0. The van der Waals surface area contributed by atoms with Crippen molar-refractivity contribution in [3.63, 3.8) is 0 Å². The molecule has 1 aromatic rings. The molecular formula is C12H19ClN2O2S. The van der Waals surface area contributed by atoms with Gasteiger partial charge in [0.1, 0.15) is 0 Å². The summed E-state index contributed by atoms with van der Waals surface area (Å²) in [5.74, 6) is 0. The second-order valence-electron chi connectivity index (χ2n) is 4.30. The van der Waals surface area contributed by atoms with E-state index >= 15 is 0 Å². The fourth-order valence-corrected chi connectivity index (χ4v) is 3.29. The second kappa shape index (κ2) is 6.02. The van der Waals surface area contributed by atoms with Gasteiger partial charge in [-0.3, -0.25) is 0 Å². The molecule has 2 N–H and O–H groups in total. The van der Waals surface area contributed by atoms with Crippen molar-refractivity contribution < 1.29 is 8.42 Å². The molecule has 0 saturated carbocycles. The van der Waals surface area contributed by atoms with Gasteiger partial charge in [0, 0.05) is 24.7 Å². The van der Waals surface area contributed by atoms with E-state index in [1.165, 1.54) is 4.31 Å². The van der Waals surface area contributed by atoms with Crippen molar-refractivity contribution in [3.05, 3.63) is 34.9 Å². The van der Waals surface area contributed by atoms with Crippen LogP contribution in [0.15, 0.2) is 24.3 Å². The van der Waals surface area contributed by atoms with Crippen molar-refractivity contribution in [3.8, 4) is 0 Å². The molecule has 1 rings (SSSR count). The summed E-state index contributed by atoms with van der Waals surface area (Å²) in [7, 11) is -1.85. The van der Waals surface area contributed by atoms with Crippen molar-refractivity contribution in [2.24, 2.45) is 5.73 Å². The molecule has 0 spiro atoms. The first-order valence-electron chi connectivity index (χ1n) is 5.73. The van der Waals surface area contributed by atoms with E-state index < -0.39 is 15.3 Å². The summed E-state index contributed by atoms with van der Waals surface area (Å²) in [5, 5.41) is -0.0418. The summed E-state index contributed by atoms with van der Waals surface area (Å²) in [6, 6.07) is 6.91. The maximum Gasteiger partial charge on any atom is 0.218 e. The molecule has 0 aliphatic heterocycles. The van der Waals surface area contributed by atoms with E-state index in [0.29, 0.717) is 5.02 Å². The van der Waals surface area contributed by atoms with Crippen molar-refractivity contribution in [2.45, 2.75) is 25.1 Å². The highest BCUT2D eigenvalue weighted by Crippen LogP contribution is 2.28. The minimum atomic E-state index is -3.40. The van der Waals surface area contributed by atoms with Crippen LogP contribution in [0.4, 0.5) is 0 Å². The monoisotopic (exact) mass is 290 g/mol. The first-order chi connectivity index (χ1) is 8.32. The number of sulfonamides is 1. The number of hydrogen-bond acceptors (Lipinski definition) is 3. The van der Waals surface area contributed by atoms with E-state index in [2.05, 4.69) is 0 Å². The maximum atomic E-state index is 12.2. The molecule has 0 heterocycles. The molecule has 2 atom stereocenters. The molecule has 2 unspecified atom stereocenters. The zero-order valence-corrected chi connectivity index (χ0v) is 12.4. The maximum absolute atomic E-state index is 12.2. The topological polar surface area (TPSA) is 63.4 Å². The van der Waals surface area contributed by atoms with Gasteiger partial charge < -0.3 is 5.73 Å². The van der Waals surface area contributed by atoms with Crippen molar-refractivity contribution >= 4 is 21.6 Å². The van der Waals surface area contributed by atoms with Gasteiger partial charge in [0.25, 0.3) is 0 Å². The van der Waals surface area contributed by atoms with Crippen LogP contribution in [0, 0.1) is 0 Å². The second-order valence-corrected chi connectivity index (χ2v) is 7.12. The Bertz CT molecular complexity index is 505. The van der Waals surface area contributed by atoms with E-state index in [4.69, 9.17) is 17.3 Å². The van der Waals surface area contributed by atoms with Gasteiger partial charge in [-0.2, -0.15) is 4.31 Å². The Morgan fingerprint density at radius 1 is 1.33 bits per heavy atom. The Morgan fingerprint density at radius 3 is 2.39 bits per heavy atom. The van der Waals surface area contributed by atoms with Gasteiger partial charge in [-0.15, -0.1) is 0 Å². The molecule has 4 nitrogen and oxygen atoms in total. The lowest BCUT2D eigenvalue weighted by Crippen LogP contribution is -2.39. The third-order valence-corrected chi connectivity index (χ3v) is 5.82. The number of nitrogens with zero attached hydrogens (tertiary/aromatic N) is 1. The summed E-state index contributed by atoms with van der Waals surface area (Å²) in [6.07, 6.45) is 0. The van der Waals surface area contributed by atoms with Gasteiger partial charge in [0.05, 0.1) is 5.25 Å². The molecule has 0 bridgehead atoms. The molecule has 0 fully saturated rings. The number of rotatable bonds is 5. The number of halogens is 1. The molecule has 6 heteroatoms. The summed E-state index contributed by atoms with van der Waals surface area (Å²) in [5.41, 5.74) is 6.22. The Hall–Kier alpha value is -0.620. The molecule has 0 aliphatic carbocycles. The quantitative estimate of drug-likeness (QED) is 0.902. The van der Waals surface area contributed by atoms with E-state index in [0.717, 1.165) is 5.56 Å². The highest BCUT2D eigenvalue weighted by Gasteiger charge is 2.29. The normalized spacial score (nSPS) is 15.7. The molecule has 0 saturated heterocycles. The van der Waals surface area contributed by atoms with Gasteiger partial charge >= 0.3 is 0 Å². The number of benzene rings is 1. The van der Waals surface area contributed by atoms with Crippen LogP contribution < -0.4 is 5.73 Å². The molecule has 0 radical (unpaired) electrons. The highest BCUT2D eigenvalue weighted by atomic mass is 35.5. The van der Waals surface area contributed by atoms with Crippen LogP contribution in [0.25, 0.3) is 0 Å². The molecule has 0 aliphatic rings. The zero-order valence-electron chi connectivity index (χ0n) is 10.8. The highest BCUT2D eigenvalue weighted by molar-refractivity contribution is 7.89. The summed E-state index contributed by atoms with van der Waals surface area (Å²) >= 11 is 6.08. The van der Waals surface area contributed by atoms with Crippen LogP contribution in [0.1, 0.15) is 25.5 Å². The average molecular weight is 291 g/mol. The molecule has 0 aromatic heterocycles. The van der Waals surface area contributed by atoms with E-state index in [9.17, 15) is 8.42 Å². The van der Waals surface area contributed by atoms with Gasteiger partial charge in [-0.05, 0) is 25.5 Å². The number of nitrogens with two attached hydrogens (primary N) is 1. The largest absolute Gasteiger partial charge is 0.329 e. The average Bonchev–Trinajstić information content (AvgIpc) is 2.36.